The second-order valence-electron chi connectivity index (χ2n) is 7.22. The van der Waals surface area contributed by atoms with Crippen molar-refractivity contribution in [2.75, 3.05) is 20.1 Å². The first-order valence-electron chi connectivity index (χ1n) is 8.90. The summed E-state index contributed by atoms with van der Waals surface area (Å²) in [5.74, 6) is 3.32. The third kappa shape index (κ3) is 3.52. The van der Waals surface area contributed by atoms with Crippen molar-refractivity contribution in [2.45, 2.75) is 50.7 Å². The van der Waals surface area contributed by atoms with E-state index in [1.54, 1.807) is 0 Å². The van der Waals surface area contributed by atoms with Crippen molar-refractivity contribution in [3.05, 3.63) is 29.9 Å². The molecule has 7 nitrogen and oxygen atoms in total. The van der Waals surface area contributed by atoms with Crippen molar-refractivity contribution in [3.8, 4) is 0 Å². The molecule has 0 radical (unpaired) electrons. The molecule has 4 rings (SSSR count). The van der Waals surface area contributed by atoms with Crippen LogP contribution < -0.4 is 0 Å². The Balaban J connectivity index is 1.33. The molecule has 0 amide bonds. The molecule has 1 aliphatic carbocycles. The monoisotopic (exact) mass is 330 g/mol. The van der Waals surface area contributed by atoms with E-state index >= 15 is 0 Å². The minimum absolute atomic E-state index is 0.532. The van der Waals surface area contributed by atoms with Gasteiger partial charge < -0.3 is 9.09 Å². The molecular weight excluding hydrogens is 304 g/mol. The number of rotatable bonds is 6. The van der Waals surface area contributed by atoms with Crippen molar-refractivity contribution in [1.82, 2.24) is 29.5 Å². The second kappa shape index (κ2) is 6.64. The lowest BCUT2D eigenvalue weighted by atomic mass is 10.0. The first-order valence-corrected chi connectivity index (χ1v) is 8.90. The molecule has 1 aliphatic heterocycles. The Labute approximate surface area is 142 Å². The normalized spacial score (nSPS) is 22.4. The Kier molecular flexibility index (Phi) is 4.37. The number of likely N-dealkylation sites (tertiary alicyclic amines) is 1. The molecule has 0 spiro atoms. The fourth-order valence-corrected chi connectivity index (χ4v) is 3.46. The van der Waals surface area contributed by atoms with Crippen molar-refractivity contribution in [1.29, 1.82) is 0 Å². The highest BCUT2D eigenvalue weighted by molar-refractivity contribution is 5.02. The molecule has 1 unspecified atom stereocenters. The van der Waals surface area contributed by atoms with Gasteiger partial charge >= 0.3 is 0 Å². The molecule has 2 aromatic rings. The van der Waals surface area contributed by atoms with Crippen LogP contribution in [0.2, 0.25) is 0 Å². The van der Waals surface area contributed by atoms with Gasteiger partial charge in [0.1, 0.15) is 5.82 Å². The summed E-state index contributed by atoms with van der Waals surface area (Å²) in [5, 5.41) is 4.16. The maximum Gasteiger partial charge on any atom is 0.229 e. The molecule has 0 bridgehead atoms. The third-order valence-electron chi connectivity index (χ3n) is 5.19. The third-order valence-corrected chi connectivity index (χ3v) is 5.19. The van der Waals surface area contributed by atoms with Crippen LogP contribution in [0.5, 0.6) is 0 Å². The van der Waals surface area contributed by atoms with E-state index in [1.165, 1.54) is 25.7 Å². The zero-order chi connectivity index (χ0) is 16.5. The molecule has 24 heavy (non-hydrogen) atoms. The van der Waals surface area contributed by atoms with Gasteiger partial charge in [-0.1, -0.05) is 5.16 Å². The van der Waals surface area contributed by atoms with E-state index in [0.29, 0.717) is 12.0 Å². The SMILES string of the molecule is CN(Cc1nccn1C)C1CCCN(Cc2noc(C3CC3)n2)C1. The van der Waals surface area contributed by atoms with Crippen molar-refractivity contribution >= 4 is 0 Å². The Hall–Kier alpha value is -1.73. The second-order valence-corrected chi connectivity index (χ2v) is 7.22. The first kappa shape index (κ1) is 15.8. The predicted molar refractivity (Wildman–Crippen MR) is 89.2 cm³/mol. The van der Waals surface area contributed by atoms with E-state index in [0.717, 1.165) is 43.7 Å². The van der Waals surface area contributed by atoms with Gasteiger partial charge in [-0.15, -0.1) is 0 Å². The summed E-state index contributed by atoms with van der Waals surface area (Å²) < 4.78 is 7.47. The fraction of sp³-hybridized carbons (Fsp3) is 0.706. The van der Waals surface area contributed by atoms with E-state index in [9.17, 15) is 0 Å². The summed E-state index contributed by atoms with van der Waals surface area (Å²) in [7, 11) is 4.25. The summed E-state index contributed by atoms with van der Waals surface area (Å²) in [6.45, 7) is 3.84. The molecule has 2 aliphatic rings. The highest BCUT2D eigenvalue weighted by Gasteiger charge is 2.30. The molecule has 7 heteroatoms. The zero-order valence-corrected chi connectivity index (χ0v) is 14.6. The topological polar surface area (TPSA) is 63.2 Å². The van der Waals surface area contributed by atoms with Gasteiger partial charge in [0, 0.05) is 37.9 Å². The van der Waals surface area contributed by atoms with Gasteiger partial charge in [0.25, 0.3) is 0 Å². The van der Waals surface area contributed by atoms with Crippen LogP contribution in [0.4, 0.5) is 0 Å². The van der Waals surface area contributed by atoms with E-state index in [2.05, 4.69) is 43.6 Å². The van der Waals surface area contributed by atoms with Gasteiger partial charge in [-0.25, -0.2) is 4.98 Å². The number of piperidine rings is 1. The Morgan fingerprint density at radius 1 is 1.33 bits per heavy atom. The first-order chi connectivity index (χ1) is 11.7. The van der Waals surface area contributed by atoms with E-state index in [1.807, 2.05) is 12.4 Å². The summed E-state index contributed by atoms with van der Waals surface area (Å²) >= 11 is 0. The van der Waals surface area contributed by atoms with E-state index < -0.39 is 0 Å². The highest BCUT2D eigenvalue weighted by Crippen LogP contribution is 2.38. The number of likely N-dealkylation sites (N-methyl/N-ethyl adjacent to an activating group) is 1. The van der Waals surface area contributed by atoms with Crippen LogP contribution in [0, 0.1) is 0 Å². The van der Waals surface area contributed by atoms with Crippen molar-refractivity contribution < 1.29 is 4.52 Å². The van der Waals surface area contributed by atoms with Crippen molar-refractivity contribution in [3.63, 3.8) is 0 Å². The van der Waals surface area contributed by atoms with Gasteiger partial charge in [-0.2, -0.15) is 4.98 Å². The van der Waals surface area contributed by atoms with E-state index in [-0.39, 0.29) is 0 Å². The lowest BCUT2D eigenvalue weighted by Gasteiger charge is -2.37. The quantitative estimate of drug-likeness (QED) is 0.804. The van der Waals surface area contributed by atoms with Crippen molar-refractivity contribution in [2.24, 2.45) is 7.05 Å². The number of hydrogen-bond acceptors (Lipinski definition) is 6. The largest absolute Gasteiger partial charge is 0.339 e. The number of nitrogens with zero attached hydrogens (tertiary/aromatic N) is 6. The number of aryl methyl sites for hydroxylation is 1. The molecule has 1 saturated carbocycles. The van der Waals surface area contributed by atoms with Gasteiger partial charge in [-0.3, -0.25) is 9.80 Å². The van der Waals surface area contributed by atoms with Crippen LogP contribution in [-0.4, -0.2) is 55.7 Å². The van der Waals surface area contributed by atoms with Gasteiger partial charge in [0.15, 0.2) is 5.82 Å². The van der Waals surface area contributed by atoms with Crippen LogP contribution in [0.15, 0.2) is 16.9 Å². The molecular formula is C17H26N6O. The summed E-state index contributed by atoms with van der Waals surface area (Å²) in [4.78, 5) is 13.9. The average molecular weight is 330 g/mol. The Bertz CT molecular complexity index is 676. The summed E-state index contributed by atoms with van der Waals surface area (Å²) in [6.07, 6.45) is 8.71. The molecule has 0 N–H and O–H groups in total. The molecule has 3 heterocycles. The van der Waals surface area contributed by atoms with Gasteiger partial charge in [0.2, 0.25) is 5.89 Å². The zero-order valence-electron chi connectivity index (χ0n) is 14.6. The number of aromatic nitrogens is 4. The lowest BCUT2D eigenvalue weighted by Crippen LogP contribution is -2.46. The highest BCUT2D eigenvalue weighted by atomic mass is 16.5. The Morgan fingerprint density at radius 2 is 2.21 bits per heavy atom. The standard InChI is InChI=1S/C17H26N6O/c1-21-9-7-18-16(21)12-22(2)14-4-3-8-23(10-14)11-15-19-17(24-20-15)13-5-6-13/h7,9,13-14H,3-6,8,10-12H2,1-2H3. The maximum absolute atomic E-state index is 5.38. The molecule has 130 valence electrons. The number of hydrogen-bond donors (Lipinski definition) is 0. The van der Waals surface area contributed by atoms with Crippen LogP contribution in [0.25, 0.3) is 0 Å². The lowest BCUT2D eigenvalue weighted by molar-refractivity contribution is 0.102. The summed E-state index contributed by atoms with van der Waals surface area (Å²) in [5.41, 5.74) is 0. The molecule has 0 aromatic carbocycles. The van der Waals surface area contributed by atoms with E-state index in [4.69, 9.17) is 4.52 Å². The minimum atomic E-state index is 0.532. The molecule has 1 saturated heterocycles. The number of imidazole rings is 1. The fourth-order valence-electron chi connectivity index (χ4n) is 3.46. The predicted octanol–water partition coefficient (Wildman–Crippen LogP) is 1.78. The van der Waals surface area contributed by atoms with Gasteiger partial charge in [0.05, 0.1) is 13.1 Å². The van der Waals surface area contributed by atoms with Crippen LogP contribution in [0.3, 0.4) is 0 Å². The Morgan fingerprint density at radius 3 is 2.96 bits per heavy atom. The van der Waals surface area contributed by atoms with Crippen LogP contribution in [-0.2, 0) is 20.1 Å². The van der Waals surface area contributed by atoms with Crippen LogP contribution in [0.1, 0.15) is 49.1 Å². The van der Waals surface area contributed by atoms with Crippen LogP contribution >= 0.6 is 0 Å². The smallest absolute Gasteiger partial charge is 0.229 e. The maximum atomic E-state index is 5.38. The average Bonchev–Trinajstić information content (AvgIpc) is 3.21. The minimum Gasteiger partial charge on any atom is -0.339 e. The summed E-state index contributed by atoms with van der Waals surface area (Å²) in [6, 6.07) is 0.547. The molecule has 2 aromatic heterocycles. The molecule has 2 fully saturated rings. The molecule has 1 atom stereocenters. The van der Waals surface area contributed by atoms with Gasteiger partial charge in [-0.05, 0) is 39.3 Å².